The number of thiazole rings is 1. The van der Waals surface area contributed by atoms with Gasteiger partial charge in [-0.05, 0) is 48.8 Å². The summed E-state index contributed by atoms with van der Waals surface area (Å²) in [4.78, 5) is 75.4. The first-order valence-electron chi connectivity index (χ1n) is 27.9. The molecule has 2 saturated carbocycles. The van der Waals surface area contributed by atoms with Crippen LogP contribution in [0.5, 0.6) is 5.75 Å². The number of amides is 5. The number of aliphatic hydroxyl groups excluding tert-OH is 1. The van der Waals surface area contributed by atoms with Crippen molar-refractivity contribution in [1.29, 1.82) is 0 Å². The van der Waals surface area contributed by atoms with Crippen LogP contribution in [0.3, 0.4) is 0 Å². The topological polar surface area (TPSA) is 244 Å². The standard InChI is InChI=1S/C58H71F3N10O10S/c1-34-49(82-33-63-34)36-11-12-37(27-62-51(74)43-24-40(72)32-70(43)53(76)50(55(2,3)4)66-54(77)57(59)14-15-57)44(23-36)81-22-21-80-20-19-79-18-17-78-16-13-46(73)69-29-38(30-69)48(35-9-7-6-8-10-35)71-31-39(28-64-71)65-52(75)47-41-25-45-56(5,58(45,60)61)26-42(41)67-68-47/h6-12,23,28,31,33,38,40,43,45,48,50,72H,13-22,24-27,29-30,32H2,1-5H3,(H,62,74)(H,65,75)(H,66,77)(H,67,68)/t40-,43+,45+,48?,50?,56-/m1/s1. The molecule has 0 radical (unpaired) electrons. The third-order valence-corrected chi connectivity index (χ3v) is 17.5. The van der Waals surface area contributed by atoms with Gasteiger partial charge in [-0.15, -0.1) is 11.3 Å². The molecular formula is C58H71F3N10O10S. The van der Waals surface area contributed by atoms with Crippen molar-refractivity contribution in [2.24, 2.45) is 22.7 Å². The number of nitrogens with one attached hydrogen (secondary N) is 4. The van der Waals surface area contributed by atoms with E-state index in [0.717, 1.165) is 21.7 Å². The predicted molar refractivity (Wildman–Crippen MR) is 295 cm³/mol. The summed E-state index contributed by atoms with van der Waals surface area (Å²) in [5.74, 6) is -5.48. The summed E-state index contributed by atoms with van der Waals surface area (Å²) < 4.78 is 68.9. The SMILES string of the molecule is Cc1ncsc1-c1ccc(CNC(=O)[C@@H]2C[C@@H](O)CN2C(=O)C(NC(=O)C2(F)CC2)C(C)(C)C)c(OCCOCCOCCOCCC(=O)N2CC(C(c3ccccc3)n3cc(NC(=O)c4n[nH]c5c4C[C@@H]4C(F)(F)[C@]4(C)C5)cn3)C2)c1. The number of nitrogens with zero attached hydrogens (tertiary/aromatic N) is 6. The van der Waals surface area contributed by atoms with Gasteiger partial charge in [0.1, 0.15) is 24.4 Å². The van der Waals surface area contributed by atoms with E-state index in [1.165, 1.54) is 16.2 Å². The summed E-state index contributed by atoms with van der Waals surface area (Å²) in [6, 6.07) is 13.1. The van der Waals surface area contributed by atoms with Gasteiger partial charge in [-0.3, -0.25) is 33.8 Å². The van der Waals surface area contributed by atoms with Gasteiger partial charge >= 0.3 is 0 Å². The molecule has 82 heavy (non-hydrogen) atoms. The van der Waals surface area contributed by atoms with Crippen molar-refractivity contribution >= 4 is 46.6 Å². The minimum Gasteiger partial charge on any atom is -0.491 e. The molecule has 2 aromatic carbocycles. The Morgan fingerprint density at radius 3 is 2.33 bits per heavy atom. The van der Waals surface area contributed by atoms with E-state index >= 15 is 0 Å². The fourth-order valence-electron chi connectivity index (χ4n) is 11.4. The van der Waals surface area contributed by atoms with E-state index in [0.29, 0.717) is 54.6 Å². The fourth-order valence-corrected chi connectivity index (χ4v) is 12.2. The smallest absolute Gasteiger partial charge is 0.276 e. The first kappa shape index (κ1) is 58.5. The molecule has 0 spiro atoms. The van der Waals surface area contributed by atoms with E-state index in [1.54, 1.807) is 55.2 Å². The Balaban J connectivity index is 0.627. The van der Waals surface area contributed by atoms with Gasteiger partial charge in [-0.25, -0.2) is 18.2 Å². The molecule has 10 rings (SSSR count). The van der Waals surface area contributed by atoms with E-state index in [-0.39, 0.29) is 108 Å². The lowest BCUT2D eigenvalue weighted by Gasteiger charge is -2.43. The van der Waals surface area contributed by atoms with Crippen molar-refractivity contribution in [3.63, 3.8) is 0 Å². The number of aryl methyl sites for hydroxylation is 1. The highest BCUT2D eigenvalue weighted by Gasteiger charge is 2.78. The maximum absolute atomic E-state index is 14.7. The molecule has 5 heterocycles. The van der Waals surface area contributed by atoms with Crippen LogP contribution in [0.4, 0.5) is 18.9 Å². The number of hydrogen-bond donors (Lipinski definition) is 5. The second-order valence-electron chi connectivity index (χ2n) is 23.5. The molecule has 6 atom stereocenters. The number of hydrogen-bond acceptors (Lipinski definition) is 14. The minimum atomic E-state index is -2.77. The third-order valence-electron chi connectivity index (χ3n) is 16.6. The van der Waals surface area contributed by atoms with Crippen LogP contribution in [0, 0.1) is 29.6 Å². The number of rotatable bonds is 25. The quantitative estimate of drug-likeness (QED) is 0.0432. The summed E-state index contributed by atoms with van der Waals surface area (Å²) in [5, 5.41) is 30.6. The fraction of sp³-hybridized carbons (Fsp3) is 0.552. The molecule has 2 unspecified atom stereocenters. The van der Waals surface area contributed by atoms with E-state index in [9.17, 15) is 42.3 Å². The number of aliphatic hydroxyl groups is 1. The predicted octanol–water partition coefficient (Wildman–Crippen LogP) is 5.84. The van der Waals surface area contributed by atoms with Gasteiger partial charge in [-0.1, -0.05) is 70.2 Å². The highest BCUT2D eigenvalue weighted by molar-refractivity contribution is 7.13. The number of anilines is 1. The first-order valence-corrected chi connectivity index (χ1v) is 28.8. The molecule has 0 bridgehead atoms. The van der Waals surface area contributed by atoms with Crippen LogP contribution in [-0.2, 0) is 52.8 Å². The number of carbonyl (C=O) groups excluding carboxylic acids is 5. The number of halogens is 3. The number of β-amino-alcohol motifs (C(OH)–C–C–N with tert-alkyl or cyclic N) is 1. The number of aromatic amines is 1. The summed E-state index contributed by atoms with van der Waals surface area (Å²) in [6.07, 6.45) is 2.92. The Hall–Kier alpha value is -6.73. The molecular weight excluding hydrogens is 1090 g/mol. The Morgan fingerprint density at radius 1 is 0.939 bits per heavy atom. The molecule has 2 aliphatic heterocycles. The number of fused-ring (bicyclic) bond motifs is 2. The van der Waals surface area contributed by atoms with E-state index in [1.807, 2.05) is 55.5 Å². The van der Waals surface area contributed by atoms with Crippen molar-refractivity contribution in [3.8, 4) is 16.2 Å². The minimum absolute atomic E-state index is 0.00477. The molecule has 5 aliphatic rings. The van der Waals surface area contributed by atoms with Gasteiger partial charge in [0, 0.05) is 79.3 Å². The Bertz CT molecular complexity index is 3140. The molecule has 5 amide bonds. The maximum Gasteiger partial charge on any atom is 0.276 e. The highest BCUT2D eigenvalue weighted by Crippen LogP contribution is 2.70. The molecule has 24 heteroatoms. The average Bonchev–Trinajstić information content (AvgIpc) is 1.80. The second-order valence-corrected chi connectivity index (χ2v) is 24.3. The number of likely N-dealkylation sites (tertiary alicyclic amines) is 2. The van der Waals surface area contributed by atoms with E-state index < -0.39 is 70.2 Å². The summed E-state index contributed by atoms with van der Waals surface area (Å²) in [7, 11) is 0. The van der Waals surface area contributed by atoms with Gasteiger partial charge in [0.2, 0.25) is 17.7 Å². The molecule has 3 aromatic heterocycles. The number of benzene rings is 2. The lowest BCUT2D eigenvalue weighted by atomic mass is 9.85. The molecule has 5 N–H and O–H groups in total. The number of alkyl halides is 3. The van der Waals surface area contributed by atoms with Crippen LogP contribution in [0.2, 0.25) is 0 Å². The van der Waals surface area contributed by atoms with Crippen molar-refractivity contribution in [2.45, 2.75) is 116 Å². The lowest BCUT2D eigenvalue weighted by molar-refractivity contribution is -0.145. The van der Waals surface area contributed by atoms with Crippen molar-refractivity contribution < 1.29 is 61.2 Å². The monoisotopic (exact) mass is 1160 g/mol. The molecule has 2 saturated heterocycles. The van der Waals surface area contributed by atoms with Crippen LogP contribution in [0.1, 0.15) is 98.0 Å². The van der Waals surface area contributed by atoms with Crippen molar-refractivity contribution in [1.82, 2.24) is 45.4 Å². The first-order chi connectivity index (χ1) is 39.1. The van der Waals surface area contributed by atoms with Crippen LogP contribution in [-0.4, -0.2) is 165 Å². The van der Waals surface area contributed by atoms with E-state index in [4.69, 9.17) is 18.9 Å². The Morgan fingerprint density at radius 2 is 1.65 bits per heavy atom. The number of aromatic nitrogens is 5. The summed E-state index contributed by atoms with van der Waals surface area (Å²) >= 11 is 1.49. The summed E-state index contributed by atoms with van der Waals surface area (Å²) in [5.41, 5.74) is 2.91. The van der Waals surface area contributed by atoms with Crippen molar-refractivity contribution in [2.75, 3.05) is 71.2 Å². The van der Waals surface area contributed by atoms with Gasteiger partial charge in [-0.2, -0.15) is 10.2 Å². The molecule has 20 nitrogen and oxygen atoms in total. The zero-order chi connectivity index (χ0) is 58.1. The van der Waals surface area contributed by atoms with Crippen LogP contribution in [0.15, 0.2) is 66.4 Å². The Kier molecular flexibility index (Phi) is 17.0. The molecule has 4 fully saturated rings. The highest BCUT2D eigenvalue weighted by atomic mass is 32.1. The van der Waals surface area contributed by atoms with Crippen LogP contribution < -0.4 is 20.7 Å². The molecule has 3 aliphatic carbocycles. The van der Waals surface area contributed by atoms with Crippen molar-refractivity contribution in [3.05, 3.63) is 100 Å². The number of ether oxygens (including phenoxy) is 4. The second kappa shape index (κ2) is 23.9. The van der Waals surface area contributed by atoms with E-state index in [2.05, 4.69) is 36.2 Å². The molecule has 5 aromatic rings. The van der Waals surface area contributed by atoms with Gasteiger partial charge < -0.3 is 49.8 Å². The van der Waals surface area contributed by atoms with Gasteiger partial charge in [0.05, 0.1) is 86.2 Å². The third kappa shape index (κ3) is 12.5. The summed E-state index contributed by atoms with van der Waals surface area (Å²) in [6.45, 7) is 11.5. The zero-order valence-corrected chi connectivity index (χ0v) is 47.5. The van der Waals surface area contributed by atoms with Gasteiger partial charge in [0.15, 0.2) is 11.4 Å². The number of carbonyl (C=O) groups is 5. The largest absolute Gasteiger partial charge is 0.491 e. The van der Waals surface area contributed by atoms with Crippen LogP contribution >= 0.6 is 11.3 Å². The normalized spacial score (nSPS) is 22.1. The van der Waals surface area contributed by atoms with Crippen LogP contribution in [0.25, 0.3) is 10.4 Å². The maximum atomic E-state index is 14.7. The zero-order valence-electron chi connectivity index (χ0n) is 46.7. The Labute approximate surface area is 477 Å². The number of H-pyrrole nitrogens is 1. The van der Waals surface area contributed by atoms with Gasteiger partial charge in [0.25, 0.3) is 17.7 Å². The molecule has 440 valence electrons. The lowest BCUT2D eigenvalue weighted by Crippen LogP contribution is -2.59. The average molecular weight is 1160 g/mol.